The van der Waals surface area contributed by atoms with Crippen LogP contribution in [0.25, 0.3) is 11.0 Å². The molecule has 2 aliphatic rings. The Morgan fingerprint density at radius 2 is 1.63 bits per heavy atom. The average molecular weight is 406 g/mol. The van der Waals surface area contributed by atoms with E-state index in [2.05, 4.69) is 9.88 Å². The van der Waals surface area contributed by atoms with Gasteiger partial charge >= 0.3 is 5.69 Å². The SMILES string of the molecule is O=C(c1ccc(N2CCOCC2)cc1)N1CCC(n2c(=O)[nH]c3ccccc32)CC1. The smallest absolute Gasteiger partial charge is 0.326 e. The minimum absolute atomic E-state index is 0.0632. The molecule has 0 bridgehead atoms. The molecule has 1 amide bonds. The predicted octanol–water partition coefficient (Wildman–Crippen LogP) is 2.64. The fourth-order valence-corrected chi connectivity index (χ4v) is 4.58. The molecule has 0 spiro atoms. The fraction of sp³-hybridized carbons (Fsp3) is 0.391. The standard InChI is InChI=1S/C23H26N4O3/c28-22(17-5-7-18(8-6-17)25-13-15-30-16-14-25)26-11-9-19(10-12-26)27-21-4-2-1-3-20(21)24-23(27)29/h1-8,19H,9-16H2,(H,24,29). The number of rotatable bonds is 3. The quantitative estimate of drug-likeness (QED) is 0.726. The van der Waals surface area contributed by atoms with Crippen molar-refractivity contribution in [1.29, 1.82) is 0 Å². The Labute approximate surface area is 174 Å². The third-order valence-electron chi connectivity index (χ3n) is 6.23. The van der Waals surface area contributed by atoms with Crippen LogP contribution in [0.3, 0.4) is 0 Å². The van der Waals surface area contributed by atoms with Gasteiger partial charge in [0.05, 0.1) is 24.2 Å². The van der Waals surface area contributed by atoms with Crippen molar-refractivity contribution in [2.24, 2.45) is 0 Å². The lowest BCUT2D eigenvalue weighted by Crippen LogP contribution is -2.40. The molecule has 0 atom stereocenters. The lowest BCUT2D eigenvalue weighted by atomic mass is 10.0. The second-order valence-electron chi connectivity index (χ2n) is 7.99. The van der Waals surface area contributed by atoms with E-state index in [9.17, 15) is 9.59 Å². The van der Waals surface area contributed by atoms with Gasteiger partial charge in [0.25, 0.3) is 5.91 Å². The van der Waals surface area contributed by atoms with Gasteiger partial charge in [0.1, 0.15) is 0 Å². The summed E-state index contributed by atoms with van der Waals surface area (Å²) in [6.07, 6.45) is 1.55. The molecule has 3 aromatic rings. The summed E-state index contributed by atoms with van der Waals surface area (Å²) < 4.78 is 7.26. The molecule has 2 saturated heterocycles. The number of carbonyl (C=O) groups is 1. The maximum Gasteiger partial charge on any atom is 0.326 e. The molecule has 2 aliphatic heterocycles. The topological polar surface area (TPSA) is 70.6 Å². The molecule has 5 rings (SSSR count). The van der Waals surface area contributed by atoms with Gasteiger partial charge in [-0.2, -0.15) is 0 Å². The summed E-state index contributed by atoms with van der Waals surface area (Å²) in [6, 6.07) is 15.8. The Hall–Kier alpha value is -3.06. The Morgan fingerprint density at radius 3 is 2.37 bits per heavy atom. The minimum atomic E-state index is -0.0697. The number of aromatic amines is 1. The Bertz CT molecular complexity index is 1090. The zero-order chi connectivity index (χ0) is 20.5. The largest absolute Gasteiger partial charge is 0.378 e. The molecule has 7 nitrogen and oxygen atoms in total. The normalized spacial score (nSPS) is 18.1. The zero-order valence-corrected chi connectivity index (χ0v) is 16.9. The van der Waals surface area contributed by atoms with Gasteiger partial charge in [0.15, 0.2) is 0 Å². The second kappa shape index (κ2) is 7.99. The number of para-hydroxylation sites is 2. The Kier molecular flexibility index (Phi) is 5.04. The third-order valence-corrected chi connectivity index (χ3v) is 6.23. The van der Waals surface area contributed by atoms with Crippen molar-refractivity contribution in [3.05, 3.63) is 64.6 Å². The lowest BCUT2D eigenvalue weighted by molar-refractivity contribution is 0.0695. The molecule has 0 radical (unpaired) electrons. The van der Waals surface area contributed by atoms with E-state index in [0.29, 0.717) is 13.1 Å². The van der Waals surface area contributed by atoms with Crippen molar-refractivity contribution in [1.82, 2.24) is 14.5 Å². The summed E-state index contributed by atoms with van der Waals surface area (Å²) >= 11 is 0. The van der Waals surface area contributed by atoms with E-state index in [-0.39, 0.29) is 17.6 Å². The molecule has 1 N–H and O–H groups in total. The molecule has 30 heavy (non-hydrogen) atoms. The van der Waals surface area contributed by atoms with E-state index >= 15 is 0 Å². The molecular formula is C23H26N4O3. The average Bonchev–Trinajstić information content (AvgIpc) is 3.15. The molecule has 7 heteroatoms. The van der Waals surface area contributed by atoms with Gasteiger partial charge in [0, 0.05) is 43.5 Å². The molecule has 156 valence electrons. The Morgan fingerprint density at radius 1 is 0.933 bits per heavy atom. The van der Waals surface area contributed by atoms with Crippen LogP contribution in [0.5, 0.6) is 0 Å². The van der Waals surface area contributed by atoms with E-state index in [4.69, 9.17) is 4.74 Å². The van der Waals surface area contributed by atoms with Crippen molar-refractivity contribution in [2.75, 3.05) is 44.3 Å². The number of nitrogens with zero attached hydrogens (tertiary/aromatic N) is 3. The summed E-state index contributed by atoms with van der Waals surface area (Å²) in [4.78, 5) is 32.5. The molecule has 0 aliphatic carbocycles. The van der Waals surface area contributed by atoms with Crippen LogP contribution >= 0.6 is 0 Å². The highest BCUT2D eigenvalue weighted by Crippen LogP contribution is 2.26. The van der Waals surface area contributed by atoms with E-state index in [0.717, 1.165) is 61.4 Å². The van der Waals surface area contributed by atoms with Gasteiger partial charge in [0.2, 0.25) is 0 Å². The number of amides is 1. The van der Waals surface area contributed by atoms with Crippen molar-refractivity contribution in [2.45, 2.75) is 18.9 Å². The number of fused-ring (bicyclic) bond motifs is 1. The highest BCUT2D eigenvalue weighted by atomic mass is 16.5. The van der Waals surface area contributed by atoms with Crippen LogP contribution in [0, 0.1) is 0 Å². The number of anilines is 1. The number of ether oxygens (including phenoxy) is 1. The van der Waals surface area contributed by atoms with Crippen LogP contribution in [-0.4, -0.2) is 59.8 Å². The summed E-state index contributed by atoms with van der Waals surface area (Å²) in [6.45, 7) is 4.56. The number of imidazole rings is 1. The molecular weight excluding hydrogens is 380 g/mol. The van der Waals surface area contributed by atoms with E-state index in [1.165, 1.54) is 0 Å². The predicted molar refractivity (Wildman–Crippen MR) is 116 cm³/mol. The number of aromatic nitrogens is 2. The molecule has 2 aromatic carbocycles. The number of morpholine rings is 1. The highest BCUT2D eigenvalue weighted by molar-refractivity contribution is 5.94. The van der Waals surface area contributed by atoms with Crippen molar-refractivity contribution >= 4 is 22.6 Å². The van der Waals surface area contributed by atoms with Crippen LogP contribution in [0.4, 0.5) is 5.69 Å². The first kappa shape index (κ1) is 18.9. The van der Waals surface area contributed by atoms with E-state index in [1.54, 1.807) is 0 Å². The number of nitrogens with one attached hydrogen (secondary N) is 1. The lowest BCUT2D eigenvalue weighted by Gasteiger charge is -2.33. The molecule has 0 saturated carbocycles. The molecule has 0 unspecified atom stereocenters. The maximum atomic E-state index is 13.0. The first-order valence-corrected chi connectivity index (χ1v) is 10.6. The minimum Gasteiger partial charge on any atom is -0.378 e. The van der Waals surface area contributed by atoms with Crippen LogP contribution < -0.4 is 10.6 Å². The Balaban J connectivity index is 1.25. The van der Waals surface area contributed by atoms with Gasteiger partial charge in [-0.15, -0.1) is 0 Å². The molecule has 3 heterocycles. The molecule has 2 fully saturated rings. The van der Waals surface area contributed by atoms with E-state index in [1.807, 2.05) is 58.0 Å². The number of carbonyl (C=O) groups excluding carboxylic acids is 1. The summed E-state index contributed by atoms with van der Waals surface area (Å²) in [5.74, 6) is 0.0632. The number of H-pyrrole nitrogens is 1. The number of hydrogen-bond donors (Lipinski definition) is 1. The number of piperidine rings is 1. The first-order chi connectivity index (χ1) is 14.7. The zero-order valence-electron chi connectivity index (χ0n) is 16.9. The van der Waals surface area contributed by atoms with Gasteiger partial charge in [-0.3, -0.25) is 9.36 Å². The van der Waals surface area contributed by atoms with Gasteiger partial charge in [-0.25, -0.2) is 4.79 Å². The van der Waals surface area contributed by atoms with Crippen LogP contribution in [0.2, 0.25) is 0 Å². The van der Waals surface area contributed by atoms with Crippen LogP contribution in [-0.2, 0) is 4.74 Å². The first-order valence-electron chi connectivity index (χ1n) is 10.6. The third kappa shape index (κ3) is 3.50. The summed E-state index contributed by atoms with van der Waals surface area (Å²) in [5.41, 5.74) is 3.58. The van der Waals surface area contributed by atoms with Crippen LogP contribution in [0.1, 0.15) is 29.2 Å². The van der Waals surface area contributed by atoms with Gasteiger partial charge in [-0.05, 0) is 49.2 Å². The second-order valence-corrected chi connectivity index (χ2v) is 7.99. The molecule has 1 aromatic heterocycles. The van der Waals surface area contributed by atoms with Crippen LogP contribution in [0.15, 0.2) is 53.3 Å². The number of likely N-dealkylation sites (tertiary alicyclic amines) is 1. The van der Waals surface area contributed by atoms with Crippen molar-refractivity contribution < 1.29 is 9.53 Å². The summed E-state index contributed by atoms with van der Waals surface area (Å²) in [7, 11) is 0. The summed E-state index contributed by atoms with van der Waals surface area (Å²) in [5, 5.41) is 0. The maximum absolute atomic E-state index is 13.0. The van der Waals surface area contributed by atoms with Crippen molar-refractivity contribution in [3.63, 3.8) is 0 Å². The fourth-order valence-electron chi connectivity index (χ4n) is 4.58. The van der Waals surface area contributed by atoms with Gasteiger partial charge < -0.3 is 19.5 Å². The van der Waals surface area contributed by atoms with E-state index < -0.39 is 0 Å². The van der Waals surface area contributed by atoms with Gasteiger partial charge in [-0.1, -0.05) is 12.1 Å². The monoisotopic (exact) mass is 406 g/mol. The number of benzene rings is 2. The highest BCUT2D eigenvalue weighted by Gasteiger charge is 2.26. The van der Waals surface area contributed by atoms with Crippen molar-refractivity contribution in [3.8, 4) is 0 Å². The number of hydrogen-bond acceptors (Lipinski definition) is 4.